The summed E-state index contributed by atoms with van der Waals surface area (Å²) in [5.41, 5.74) is 2.56. The van der Waals surface area contributed by atoms with Crippen LogP contribution in [0.3, 0.4) is 0 Å². The van der Waals surface area contributed by atoms with E-state index in [1.807, 2.05) is 31.2 Å². The van der Waals surface area contributed by atoms with Crippen LogP contribution in [-0.2, 0) is 4.79 Å². The molecule has 0 aliphatic carbocycles. The predicted molar refractivity (Wildman–Crippen MR) is 130 cm³/mol. The van der Waals surface area contributed by atoms with E-state index in [1.165, 1.54) is 6.33 Å². The van der Waals surface area contributed by atoms with Gasteiger partial charge >= 0.3 is 0 Å². The van der Waals surface area contributed by atoms with Crippen molar-refractivity contribution in [3.8, 4) is 5.75 Å². The molecule has 0 atom stereocenters. The fraction of sp³-hybridized carbons (Fsp3) is 0.0833. The average Bonchev–Trinajstić information content (AvgIpc) is 2.80. The van der Waals surface area contributed by atoms with Crippen LogP contribution in [0.5, 0.6) is 5.75 Å². The minimum Gasteiger partial charge on any atom is -0.484 e. The molecule has 0 unspecified atom stereocenters. The Kier molecular flexibility index (Phi) is 6.96. The van der Waals surface area contributed by atoms with Gasteiger partial charge in [0.25, 0.3) is 5.91 Å². The minimum absolute atomic E-state index is 0.103. The van der Waals surface area contributed by atoms with Crippen LogP contribution in [0, 0.1) is 6.92 Å². The molecule has 4 aromatic rings. The molecule has 2 aromatic carbocycles. The fourth-order valence-electron chi connectivity index (χ4n) is 2.89. The number of nitrogens with zero attached hydrogens (tertiary/aromatic N) is 3. The number of ether oxygens (including phenoxy) is 1. The Hall–Kier alpha value is -4.17. The number of hydrogen-bond acceptors (Lipinski definition) is 7. The van der Waals surface area contributed by atoms with E-state index in [1.54, 1.807) is 48.7 Å². The van der Waals surface area contributed by atoms with Crippen molar-refractivity contribution in [1.82, 2.24) is 15.0 Å². The maximum absolute atomic E-state index is 12.1. The quantitative estimate of drug-likeness (QED) is 0.326. The lowest BCUT2D eigenvalue weighted by atomic mass is 10.2. The molecule has 0 radical (unpaired) electrons. The number of nitrogens with one attached hydrogen (secondary N) is 3. The lowest BCUT2D eigenvalue weighted by Gasteiger charge is -2.10. The van der Waals surface area contributed by atoms with Gasteiger partial charge in [0, 0.05) is 28.7 Å². The molecule has 166 valence electrons. The smallest absolute Gasteiger partial charge is 0.262 e. The number of carbonyl (C=O) groups excluding carboxylic acids is 1. The number of aromatic nitrogens is 3. The number of aryl methyl sites for hydroxylation is 1. The van der Waals surface area contributed by atoms with Crippen molar-refractivity contribution >= 4 is 46.3 Å². The highest BCUT2D eigenvalue weighted by Gasteiger charge is 2.05. The zero-order valence-electron chi connectivity index (χ0n) is 17.7. The molecule has 1 amide bonds. The molecular weight excluding hydrogens is 440 g/mol. The summed E-state index contributed by atoms with van der Waals surface area (Å²) in [4.78, 5) is 24.9. The van der Waals surface area contributed by atoms with Gasteiger partial charge < -0.3 is 20.7 Å². The molecule has 0 bridgehead atoms. The van der Waals surface area contributed by atoms with Crippen molar-refractivity contribution < 1.29 is 9.53 Å². The molecule has 2 aromatic heterocycles. The van der Waals surface area contributed by atoms with Crippen LogP contribution in [-0.4, -0.2) is 27.5 Å². The Balaban J connectivity index is 1.31. The van der Waals surface area contributed by atoms with Gasteiger partial charge in [-0.25, -0.2) is 15.0 Å². The molecule has 0 fully saturated rings. The Labute approximate surface area is 196 Å². The Morgan fingerprint density at radius 3 is 2.24 bits per heavy atom. The second-order valence-electron chi connectivity index (χ2n) is 7.13. The molecule has 9 heteroatoms. The highest BCUT2D eigenvalue weighted by atomic mass is 35.5. The maximum atomic E-state index is 12.1. The third-order valence-electron chi connectivity index (χ3n) is 4.46. The van der Waals surface area contributed by atoms with Crippen molar-refractivity contribution in [2.45, 2.75) is 6.92 Å². The summed E-state index contributed by atoms with van der Waals surface area (Å²) in [6, 6.07) is 19.7. The number of benzene rings is 2. The molecule has 8 nitrogen and oxygen atoms in total. The van der Waals surface area contributed by atoms with Crippen LogP contribution < -0.4 is 20.7 Å². The van der Waals surface area contributed by atoms with Crippen molar-refractivity contribution in [2.75, 3.05) is 22.6 Å². The van der Waals surface area contributed by atoms with Crippen LogP contribution in [0.4, 0.5) is 28.8 Å². The van der Waals surface area contributed by atoms with E-state index in [0.717, 1.165) is 11.3 Å². The third kappa shape index (κ3) is 6.65. The van der Waals surface area contributed by atoms with Gasteiger partial charge in [-0.2, -0.15) is 0 Å². The topological polar surface area (TPSA) is 101 Å². The number of carbonyl (C=O) groups is 1. The van der Waals surface area contributed by atoms with Crippen LogP contribution in [0.2, 0.25) is 5.02 Å². The highest BCUT2D eigenvalue weighted by Crippen LogP contribution is 2.21. The fourth-order valence-corrected chi connectivity index (χ4v) is 3.02. The first-order chi connectivity index (χ1) is 16.0. The van der Waals surface area contributed by atoms with E-state index in [4.69, 9.17) is 16.3 Å². The number of anilines is 5. The molecule has 0 saturated carbocycles. The normalized spacial score (nSPS) is 10.4. The first-order valence-corrected chi connectivity index (χ1v) is 10.5. The van der Waals surface area contributed by atoms with E-state index in [2.05, 4.69) is 30.9 Å². The highest BCUT2D eigenvalue weighted by molar-refractivity contribution is 6.30. The van der Waals surface area contributed by atoms with E-state index in [0.29, 0.717) is 33.9 Å². The number of hydrogen-bond donors (Lipinski definition) is 3. The van der Waals surface area contributed by atoms with Crippen molar-refractivity contribution in [1.29, 1.82) is 0 Å². The molecule has 2 heterocycles. The van der Waals surface area contributed by atoms with E-state index < -0.39 is 0 Å². The summed E-state index contributed by atoms with van der Waals surface area (Å²) in [6.07, 6.45) is 3.21. The Bertz CT molecular complexity index is 1230. The average molecular weight is 461 g/mol. The monoisotopic (exact) mass is 460 g/mol. The van der Waals surface area contributed by atoms with Crippen LogP contribution in [0.25, 0.3) is 0 Å². The number of rotatable bonds is 8. The second kappa shape index (κ2) is 10.4. The molecule has 0 saturated heterocycles. The molecule has 3 N–H and O–H groups in total. The number of halogens is 1. The minimum atomic E-state index is -0.262. The van der Waals surface area contributed by atoms with E-state index >= 15 is 0 Å². The summed E-state index contributed by atoms with van der Waals surface area (Å²) >= 11 is 5.84. The zero-order valence-corrected chi connectivity index (χ0v) is 18.5. The Morgan fingerprint density at radius 1 is 0.848 bits per heavy atom. The van der Waals surface area contributed by atoms with Gasteiger partial charge in [0.1, 0.15) is 29.5 Å². The lowest BCUT2D eigenvalue weighted by Crippen LogP contribution is -2.20. The summed E-state index contributed by atoms with van der Waals surface area (Å²) in [5.74, 6) is 2.26. The van der Waals surface area contributed by atoms with Gasteiger partial charge in [-0.3, -0.25) is 4.79 Å². The first kappa shape index (κ1) is 22.0. The van der Waals surface area contributed by atoms with E-state index in [9.17, 15) is 4.79 Å². The van der Waals surface area contributed by atoms with Gasteiger partial charge in [0.15, 0.2) is 6.61 Å². The predicted octanol–water partition coefficient (Wildman–Crippen LogP) is 5.34. The van der Waals surface area contributed by atoms with Gasteiger partial charge in [0.2, 0.25) is 0 Å². The second-order valence-corrected chi connectivity index (χ2v) is 7.56. The maximum Gasteiger partial charge on any atom is 0.262 e. The van der Waals surface area contributed by atoms with Crippen molar-refractivity contribution in [2.24, 2.45) is 0 Å². The zero-order chi connectivity index (χ0) is 23.0. The summed E-state index contributed by atoms with van der Waals surface area (Å²) in [7, 11) is 0. The number of pyridine rings is 1. The molecule has 0 aliphatic rings. The van der Waals surface area contributed by atoms with Crippen molar-refractivity contribution in [3.63, 3.8) is 0 Å². The molecule has 4 rings (SSSR count). The number of amides is 1. The SMILES string of the molecule is Cc1ccnc(Nc2cc(Nc3ccc(NC(=O)COc4ccc(Cl)cc4)cc3)ncn2)c1. The third-order valence-corrected chi connectivity index (χ3v) is 4.72. The van der Waals surface area contributed by atoms with Gasteiger partial charge in [-0.05, 0) is 73.2 Å². The Morgan fingerprint density at radius 2 is 1.52 bits per heavy atom. The summed E-state index contributed by atoms with van der Waals surface area (Å²) in [6.45, 7) is 1.90. The first-order valence-electron chi connectivity index (χ1n) is 10.1. The van der Waals surface area contributed by atoms with Gasteiger partial charge in [-0.1, -0.05) is 11.6 Å². The van der Waals surface area contributed by atoms with Crippen LogP contribution in [0.15, 0.2) is 79.3 Å². The van der Waals surface area contributed by atoms with Crippen molar-refractivity contribution in [3.05, 3.63) is 89.8 Å². The standard InChI is InChI=1S/C24H21ClN6O2/c1-16-10-11-26-21(12-16)31-23-13-22(27-15-28-23)29-18-4-6-19(7-5-18)30-24(32)14-33-20-8-2-17(25)3-9-20/h2-13,15H,14H2,1H3,(H,30,32)(H2,26,27,28,29,31). The molecule has 0 aliphatic heterocycles. The van der Waals surface area contributed by atoms with Crippen LogP contribution in [0.1, 0.15) is 5.56 Å². The van der Waals surface area contributed by atoms with Gasteiger partial charge in [-0.15, -0.1) is 0 Å². The largest absolute Gasteiger partial charge is 0.484 e. The molecule has 0 spiro atoms. The summed E-state index contributed by atoms with van der Waals surface area (Å²) in [5, 5.41) is 9.78. The molecular formula is C24H21ClN6O2. The van der Waals surface area contributed by atoms with E-state index in [-0.39, 0.29) is 12.5 Å². The van der Waals surface area contributed by atoms with Crippen LogP contribution >= 0.6 is 11.6 Å². The van der Waals surface area contributed by atoms with Gasteiger partial charge in [0.05, 0.1) is 0 Å². The lowest BCUT2D eigenvalue weighted by molar-refractivity contribution is -0.118. The molecule has 33 heavy (non-hydrogen) atoms. The summed E-state index contributed by atoms with van der Waals surface area (Å²) < 4.78 is 5.45.